The van der Waals surface area contributed by atoms with Crippen molar-refractivity contribution in [1.29, 1.82) is 0 Å². The van der Waals surface area contributed by atoms with Crippen molar-refractivity contribution in [2.75, 3.05) is 0 Å². The summed E-state index contributed by atoms with van der Waals surface area (Å²) in [5.74, 6) is 1.05. The Morgan fingerprint density at radius 1 is 1.47 bits per heavy atom. The Hall–Kier alpha value is -0.890. The molecule has 0 N–H and O–H groups in total. The molecule has 1 aromatic heterocycles. The van der Waals surface area contributed by atoms with Gasteiger partial charge in [0.05, 0.1) is 4.88 Å². The summed E-state index contributed by atoms with van der Waals surface area (Å²) in [7, 11) is 0. The van der Waals surface area contributed by atoms with E-state index in [9.17, 15) is 4.79 Å². The first-order valence-electron chi connectivity index (χ1n) is 5.58. The second-order valence-electron chi connectivity index (χ2n) is 4.09. The Bertz CT molecular complexity index is 337. The van der Waals surface area contributed by atoms with Crippen LogP contribution in [0.2, 0.25) is 0 Å². The number of hydrogen-bond donors (Lipinski definition) is 0. The molecule has 0 fully saturated rings. The van der Waals surface area contributed by atoms with Crippen LogP contribution in [0, 0.1) is 5.92 Å². The highest BCUT2D eigenvalue weighted by molar-refractivity contribution is 7.12. The summed E-state index contributed by atoms with van der Waals surface area (Å²) >= 11 is 1.55. The molecule has 1 aromatic rings. The van der Waals surface area contributed by atoms with Gasteiger partial charge in [-0.05, 0) is 43.0 Å². The van der Waals surface area contributed by atoms with Gasteiger partial charge in [0.15, 0.2) is 5.78 Å². The molecule has 2 rings (SSSR count). The van der Waals surface area contributed by atoms with E-state index in [2.05, 4.69) is 12.2 Å². The maximum absolute atomic E-state index is 11.7. The van der Waals surface area contributed by atoms with Gasteiger partial charge in [0.1, 0.15) is 0 Å². The van der Waals surface area contributed by atoms with Crippen molar-refractivity contribution in [3.8, 4) is 0 Å². The van der Waals surface area contributed by atoms with Crippen molar-refractivity contribution in [2.24, 2.45) is 5.92 Å². The smallest absolute Gasteiger partial charge is 0.172 e. The van der Waals surface area contributed by atoms with Crippen molar-refractivity contribution in [3.63, 3.8) is 0 Å². The summed E-state index contributed by atoms with van der Waals surface area (Å²) in [5, 5.41) is 1.97. The van der Waals surface area contributed by atoms with Crippen LogP contribution in [0.15, 0.2) is 29.7 Å². The molecule has 2 heteroatoms. The van der Waals surface area contributed by atoms with Gasteiger partial charge in [-0.2, -0.15) is 0 Å². The normalized spacial score (nSPS) is 20.4. The Morgan fingerprint density at radius 3 is 3.07 bits per heavy atom. The van der Waals surface area contributed by atoms with Gasteiger partial charge in [-0.25, -0.2) is 0 Å². The zero-order valence-electron chi connectivity index (χ0n) is 8.82. The molecule has 1 aliphatic carbocycles. The summed E-state index contributed by atoms with van der Waals surface area (Å²) in [4.78, 5) is 12.7. The average molecular weight is 220 g/mol. The second kappa shape index (κ2) is 5.26. The lowest BCUT2D eigenvalue weighted by molar-refractivity contribution is 0.0976. The molecule has 1 heterocycles. The lowest BCUT2D eigenvalue weighted by Gasteiger charge is -2.16. The quantitative estimate of drug-likeness (QED) is 0.552. The largest absolute Gasteiger partial charge is 0.293 e. The number of hydrogen-bond acceptors (Lipinski definition) is 2. The fraction of sp³-hybridized carbons (Fsp3) is 0.462. The van der Waals surface area contributed by atoms with Crippen molar-refractivity contribution >= 4 is 17.1 Å². The zero-order valence-corrected chi connectivity index (χ0v) is 9.63. The third kappa shape index (κ3) is 3.03. The van der Waals surface area contributed by atoms with E-state index >= 15 is 0 Å². The van der Waals surface area contributed by atoms with E-state index in [1.165, 1.54) is 12.8 Å². The topological polar surface area (TPSA) is 17.1 Å². The summed E-state index contributed by atoms with van der Waals surface area (Å²) in [5.41, 5.74) is 0. The van der Waals surface area contributed by atoms with Crippen LogP contribution in [-0.2, 0) is 0 Å². The highest BCUT2D eigenvalue weighted by Gasteiger charge is 2.13. The predicted molar refractivity (Wildman–Crippen MR) is 64.4 cm³/mol. The SMILES string of the molecule is O=C(CCC1CC=CCC1)c1cccs1. The average Bonchev–Trinajstić information content (AvgIpc) is 2.81. The van der Waals surface area contributed by atoms with Crippen molar-refractivity contribution in [3.05, 3.63) is 34.5 Å². The number of ketones is 1. The van der Waals surface area contributed by atoms with Crippen LogP contribution in [0.5, 0.6) is 0 Å². The van der Waals surface area contributed by atoms with Gasteiger partial charge < -0.3 is 0 Å². The summed E-state index contributed by atoms with van der Waals surface area (Å²) in [6, 6.07) is 3.87. The lowest BCUT2D eigenvalue weighted by atomic mass is 9.89. The summed E-state index contributed by atoms with van der Waals surface area (Å²) < 4.78 is 0. The molecule has 0 saturated heterocycles. The first-order chi connectivity index (χ1) is 7.36. The van der Waals surface area contributed by atoms with E-state index in [0.717, 1.165) is 30.1 Å². The van der Waals surface area contributed by atoms with Gasteiger partial charge in [0, 0.05) is 6.42 Å². The molecular formula is C13H16OS. The molecule has 1 nitrogen and oxygen atoms in total. The number of thiophene rings is 1. The van der Waals surface area contributed by atoms with Gasteiger partial charge in [-0.15, -0.1) is 11.3 Å². The van der Waals surface area contributed by atoms with E-state index in [1.54, 1.807) is 11.3 Å². The third-order valence-corrected chi connectivity index (χ3v) is 3.86. The van der Waals surface area contributed by atoms with Crippen LogP contribution in [0.1, 0.15) is 41.8 Å². The van der Waals surface area contributed by atoms with Crippen LogP contribution in [0.3, 0.4) is 0 Å². The molecule has 80 valence electrons. The molecule has 0 aromatic carbocycles. The van der Waals surface area contributed by atoms with E-state index in [-0.39, 0.29) is 0 Å². The van der Waals surface area contributed by atoms with Crippen molar-refractivity contribution in [1.82, 2.24) is 0 Å². The van der Waals surface area contributed by atoms with E-state index < -0.39 is 0 Å². The molecular weight excluding hydrogens is 204 g/mol. The fourth-order valence-corrected chi connectivity index (χ4v) is 2.71. The molecule has 0 spiro atoms. The third-order valence-electron chi connectivity index (χ3n) is 2.95. The summed E-state index contributed by atoms with van der Waals surface area (Å²) in [6.07, 6.45) is 9.89. The standard InChI is InChI=1S/C13H16OS/c14-12(13-7-4-10-15-13)9-8-11-5-2-1-3-6-11/h1-2,4,7,10-11H,3,5-6,8-9H2. The molecule has 0 saturated carbocycles. The maximum Gasteiger partial charge on any atom is 0.172 e. The van der Waals surface area contributed by atoms with Crippen molar-refractivity contribution in [2.45, 2.75) is 32.1 Å². The van der Waals surface area contributed by atoms with Gasteiger partial charge >= 0.3 is 0 Å². The fourth-order valence-electron chi connectivity index (χ4n) is 2.01. The zero-order chi connectivity index (χ0) is 10.5. The Balaban J connectivity index is 1.78. The van der Waals surface area contributed by atoms with Gasteiger partial charge in [-0.1, -0.05) is 18.2 Å². The number of allylic oxidation sites excluding steroid dienone is 2. The van der Waals surface area contributed by atoms with E-state index in [1.807, 2.05) is 17.5 Å². The van der Waals surface area contributed by atoms with Gasteiger partial charge in [0.25, 0.3) is 0 Å². The first-order valence-corrected chi connectivity index (χ1v) is 6.46. The highest BCUT2D eigenvalue weighted by atomic mass is 32.1. The highest BCUT2D eigenvalue weighted by Crippen LogP contribution is 2.24. The molecule has 0 bridgehead atoms. The van der Waals surface area contributed by atoms with E-state index in [4.69, 9.17) is 0 Å². The van der Waals surface area contributed by atoms with Gasteiger partial charge in [0.2, 0.25) is 0 Å². The number of carbonyl (C=O) groups excluding carboxylic acids is 1. The number of carbonyl (C=O) groups is 1. The van der Waals surface area contributed by atoms with Gasteiger partial charge in [-0.3, -0.25) is 4.79 Å². The van der Waals surface area contributed by atoms with Crippen LogP contribution in [0.4, 0.5) is 0 Å². The second-order valence-corrected chi connectivity index (χ2v) is 5.04. The van der Waals surface area contributed by atoms with Crippen molar-refractivity contribution < 1.29 is 4.79 Å². The minimum absolute atomic E-state index is 0.319. The molecule has 1 unspecified atom stereocenters. The van der Waals surface area contributed by atoms with Crippen LogP contribution < -0.4 is 0 Å². The monoisotopic (exact) mass is 220 g/mol. The van der Waals surface area contributed by atoms with Crippen LogP contribution >= 0.6 is 11.3 Å². The Labute approximate surface area is 94.8 Å². The molecule has 0 amide bonds. The summed E-state index contributed by atoms with van der Waals surface area (Å²) in [6.45, 7) is 0. The minimum atomic E-state index is 0.319. The molecule has 15 heavy (non-hydrogen) atoms. The molecule has 1 aliphatic rings. The Kier molecular flexibility index (Phi) is 3.73. The Morgan fingerprint density at radius 2 is 2.40 bits per heavy atom. The van der Waals surface area contributed by atoms with E-state index in [0.29, 0.717) is 5.78 Å². The van der Waals surface area contributed by atoms with Crippen LogP contribution in [0.25, 0.3) is 0 Å². The number of Topliss-reactive ketones (excluding diaryl/α,β-unsaturated/α-hetero) is 1. The first kappa shape index (κ1) is 10.6. The molecule has 0 aliphatic heterocycles. The lowest BCUT2D eigenvalue weighted by Crippen LogP contribution is -2.06. The minimum Gasteiger partial charge on any atom is -0.293 e. The molecule has 1 atom stereocenters. The molecule has 0 radical (unpaired) electrons. The number of rotatable bonds is 4. The predicted octanol–water partition coefficient (Wildman–Crippen LogP) is 4.07. The maximum atomic E-state index is 11.7. The van der Waals surface area contributed by atoms with Crippen LogP contribution in [-0.4, -0.2) is 5.78 Å².